The molecule has 0 aliphatic rings. The first kappa shape index (κ1) is 7.85. The SMILES string of the molecule is Cc1nc(N)c2cncc(F)c2n1. The Morgan fingerprint density at radius 3 is 2.85 bits per heavy atom. The third-order valence-electron chi connectivity index (χ3n) is 1.70. The van der Waals surface area contributed by atoms with Crippen LogP contribution < -0.4 is 5.73 Å². The second-order valence-electron chi connectivity index (χ2n) is 2.67. The second-order valence-corrected chi connectivity index (χ2v) is 2.67. The quantitative estimate of drug-likeness (QED) is 0.655. The van der Waals surface area contributed by atoms with Gasteiger partial charge < -0.3 is 5.73 Å². The van der Waals surface area contributed by atoms with Crippen molar-refractivity contribution in [2.24, 2.45) is 0 Å². The number of aromatic nitrogens is 3. The first-order chi connectivity index (χ1) is 6.18. The highest BCUT2D eigenvalue weighted by Gasteiger charge is 2.06. The van der Waals surface area contributed by atoms with Crippen molar-refractivity contribution >= 4 is 16.7 Å². The highest BCUT2D eigenvalue weighted by Crippen LogP contribution is 2.18. The van der Waals surface area contributed by atoms with Gasteiger partial charge >= 0.3 is 0 Å². The van der Waals surface area contributed by atoms with Gasteiger partial charge in [-0.15, -0.1) is 0 Å². The fraction of sp³-hybridized carbons (Fsp3) is 0.125. The summed E-state index contributed by atoms with van der Waals surface area (Å²) in [6.45, 7) is 1.66. The number of nitrogens with zero attached hydrogens (tertiary/aromatic N) is 3. The molecular weight excluding hydrogens is 171 g/mol. The van der Waals surface area contributed by atoms with E-state index in [2.05, 4.69) is 15.0 Å². The van der Waals surface area contributed by atoms with Gasteiger partial charge in [0.15, 0.2) is 5.82 Å². The van der Waals surface area contributed by atoms with Gasteiger partial charge in [-0.3, -0.25) is 4.98 Å². The standard InChI is InChI=1S/C8H7FN4/c1-4-12-7-5(8(10)13-4)2-11-3-6(7)9/h2-3H,1H3,(H2,10,12,13). The molecule has 13 heavy (non-hydrogen) atoms. The first-order valence-corrected chi connectivity index (χ1v) is 3.72. The zero-order valence-corrected chi connectivity index (χ0v) is 6.95. The number of pyridine rings is 1. The molecule has 2 heterocycles. The van der Waals surface area contributed by atoms with Gasteiger partial charge in [-0.1, -0.05) is 0 Å². The van der Waals surface area contributed by atoms with Gasteiger partial charge in [-0.05, 0) is 6.92 Å². The summed E-state index contributed by atoms with van der Waals surface area (Å²) in [7, 11) is 0. The zero-order valence-electron chi connectivity index (χ0n) is 6.95. The van der Waals surface area contributed by atoms with Crippen LogP contribution in [0.2, 0.25) is 0 Å². The van der Waals surface area contributed by atoms with Crippen molar-refractivity contribution in [2.45, 2.75) is 6.92 Å². The Bertz CT molecular complexity index is 469. The molecule has 0 spiro atoms. The summed E-state index contributed by atoms with van der Waals surface area (Å²) < 4.78 is 13.1. The Kier molecular flexibility index (Phi) is 1.58. The molecule has 66 valence electrons. The van der Waals surface area contributed by atoms with Crippen LogP contribution in [0.25, 0.3) is 10.9 Å². The number of nitrogens with two attached hydrogens (primary N) is 1. The fourth-order valence-corrected chi connectivity index (χ4v) is 1.15. The van der Waals surface area contributed by atoms with Crippen LogP contribution in [-0.4, -0.2) is 15.0 Å². The molecule has 2 N–H and O–H groups in total. The van der Waals surface area contributed by atoms with Crippen molar-refractivity contribution in [2.75, 3.05) is 5.73 Å². The van der Waals surface area contributed by atoms with E-state index in [4.69, 9.17) is 5.73 Å². The van der Waals surface area contributed by atoms with E-state index in [9.17, 15) is 4.39 Å². The monoisotopic (exact) mass is 178 g/mol. The molecule has 0 atom stereocenters. The molecule has 0 fully saturated rings. The smallest absolute Gasteiger partial charge is 0.167 e. The van der Waals surface area contributed by atoms with E-state index in [0.29, 0.717) is 11.2 Å². The maximum Gasteiger partial charge on any atom is 0.167 e. The van der Waals surface area contributed by atoms with E-state index < -0.39 is 5.82 Å². The number of rotatable bonds is 0. The summed E-state index contributed by atoms with van der Waals surface area (Å²) in [6.07, 6.45) is 2.56. The van der Waals surface area contributed by atoms with Crippen molar-refractivity contribution < 1.29 is 4.39 Å². The minimum atomic E-state index is -0.477. The summed E-state index contributed by atoms with van der Waals surface area (Å²) in [4.78, 5) is 11.5. The molecule has 0 aliphatic carbocycles. The van der Waals surface area contributed by atoms with Crippen LogP contribution in [0.5, 0.6) is 0 Å². The van der Waals surface area contributed by atoms with Gasteiger partial charge in [-0.25, -0.2) is 14.4 Å². The predicted octanol–water partition coefficient (Wildman–Crippen LogP) is 1.05. The molecule has 4 nitrogen and oxygen atoms in total. The van der Waals surface area contributed by atoms with E-state index in [-0.39, 0.29) is 11.3 Å². The van der Waals surface area contributed by atoms with E-state index >= 15 is 0 Å². The molecule has 0 bridgehead atoms. The molecule has 2 rings (SSSR count). The minimum Gasteiger partial charge on any atom is -0.383 e. The van der Waals surface area contributed by atoms with Gasteiger partial charge in [0.25, 0.3) is 0 Å². The Morgan fingerprint density at radius 2 is 2.08 bits per heavy atom. The molecular formula is C8H7FN4. The minimum absolute atomic E-state index is 0.222. The maximum atomic E-state index is 13.1. The first-order valence-electron chi connectivity index (χ1n) is 3.72. The van der Waals surface area contributed by atoms with Crippen molar-refractivity contribution in [3.05, 3.63) is 24.0 Å². The van der Waals surface area contributed by atoms with E-state index in [1.165, 1.54) is 6.20 Å². The summed E-state index contributed by atoms with van der Waals surface area (Å²) in [6, 6.07) is 0. The second kappa shape index (κ2) is 2.62. The van der Waals surface area contributed by atoms with Gasteiger partial charge in [0.2, 0.25) is 0 Å². The molecule has 5 heteroatoms. The lowest BCUT2D eigenvalue weighted by Crippen LogP contribution is -1.99. The number of hydrogen-bond acceptors (Lipinski definition) is 4. The molecule has 0 radical (unpaired) electrons. The maximum absolute atomic E-state index is 13.1. The molecule has 0 unspecified atom stereocenters. The number of nitrogen functional groups attached to an aromatic ring is 1. The average Bonchev–Trinajstić information content (AvgIpc) is 2.07. The van der Waals surface area contributed by atoms with Crippen molar-refractivity contribution in [1.29, 1.82) is 0 Å². The fourth-order valence-electron chi connectivity index (χ4n) is 1.15. The summed E-state index contributed by atoms with van der Waals surface area (Å²) >= 11 is 0. The van der Waals surface area contributed by atoms with Crippen molar-refractivity contribution in [3.63, 3.8) is 0 Å². The number of fused-ring (bicyclic) bond motifs is 1. The third kappa shape index (κ3) is 1.18. The number of hydrogen-bond donors (Lipinski definition) is 1. The topological polar surface area (TPSA) is 64.7 Å². The van der Waals surface area contributed by atoms with Gasteiger partial charge in [-0.2, -0.15) is 0 Å². The summed E-state index contributed by atoms with van der Waals surface area (Å²) in [5.41, 5.74) is 5.79. The van der Waals surface area contributed by atoms with E-state index in [0.717, 1.165) is 6.20 Å². The van der Waals surface area contributed by atoms with Crippen LogP contribution in [0.1, 0.15) is 5.82 Å². The summed E-state index contributed by atoms with van der Waals surface area (Å²) in [5.74, 6) is 0.235. The Hall–Kier alpha value is -1.78. The lowest BCUT2D eigenvalue weighted by atomic mass is 10.3. The lowest BCUT2D eigenvalue weighted by molar-refractivity contribution is 0.630. The highest BCUT2D eigenvalue weighted by molar-refractivity contribution is 5.87. The number of halogens is 1. The molecule has 0 aliphatic heterocycles. The van der Waals surface area contributed by atoms with Gasteiger partial charge in [0, 0.05) is 6.20 Å². The van der Waals surface area contributed by atoms with Crippen LogP contribution >= 0.6 is 0 Å². The molecule has 0 saturated carbocycles. The van der Waals surface area contributed by atoms with Crippen LogP contribution in [0, 0.1) is 12.7 Å². The third-order valence-corrected chi connectivity index (χ3v) is 1.70. The van der Waals surface area contributed by atoms with E-state index in [1.807, 2.05) is 0 Å². The molecule has 0 amide bonds. The van der Waals surface area contributed by atoms with Crippen molar-refractivity contribution in [1.82, 2.24) is 15.0 Å². The largest absolute Gasteiger partial charge is 0.383 e. The molecule has 2 aromatic rings. The molecule has 0 saturated heterocycles. The highest BCUT2D eigenvalue weighted by atomic mass is 19.1. The number of anilines is 1. The van der Waals surface area contributed by atoms with Gasteiger partial charge in [0.05, 0.1) is 11.6 Å². The summed E-state index contributed by atoms with van der Waals surface area (Å²) in [5, 5.41) is 0.450. The van der Waals surface area contributed by atoms with Crippen LogP contribution in [0.4, 0.5) is 10.2 Å². The van der Waals surface area contributed by atoms with E-state index in [1.54, 1.807) is 6.92 Å². The molecule has 0 aromatic carbocycles. The lowest BCUT2D eigenvalue weighted by Gasteiger charge is -2.01. The molecule has 2 aromatic heterocycles. The normalized spacial score (nSPS) is 10.6. The van der Waals surface area contributed by atoms with Crippen molar-refractivity contribution in [3.8, 4) is 0 Å². The van der Waals surface area contributed by atoms with Crippen LogP contribution in [-0.2, 0) is 0 Å². The zero-order chi connectivity index (χ0) is 9.42. The van der Waals surface area contributed by atoms with Crippen LogP contribution in [0.3, 0.4) is 0 Å². The Labute approximate surface area is 73.6 Å². The Balaban J connectivity index is 2.94. The van der Waals surface area contributed by atoms with Gasteiger partial charge in [0.1, 0.15) is 17.2 Å². The Morgan fingerprint density at radius 1 is 1.31 bits per heavy atom. The number of aryl methyl sites for hydroxylation is 1. The van der Waals surface area contributed by atoms with Crippen LogP contribution in [0.15, 0.2) is 12.4 Å². The predicted molar refractivity (Wildman–Crippen MR) is 46.4 cm³/mol. The average molecular weight is 178 g/mol.